The molecule has 1 aromatic rings. The van der Waals surface area contributed by atoms with E-state index in [-0.39, 0.29) is 11.1 Å². The molecule has 0 amide bonds. The van der Waals surface area contributed by atoms with Crippen molar-refractivity contribution in [1.29, 1.82) is 0 Å². The Bertz CT molecular complexity index is 436. The van der Waals surface area contributed by atoms with Crippen molar-refractivity contribution in [3.63, 3.8) is 0 Å². The summed E-state index contributed by atoms with van der Waals surface area (Å²) in [6, 6.07) is 4.97. The van der Waals surface area contributed by atoms with Gasteiger partial charge in [0.1, 0.15) is 0 Å². The molecule has 2 N–H and O–H groups in total. The van der Waals surface area contributed by atoms with Gasteiger partial charge in [-0.15, -0.1) is 0 Å². The fourth-order valence-electron chi connectivity index (χ4n) is 2.26. The fraction of sp³-hybridized carbons (Fsp3) is 0.462. The van der Waals surface area contributed by atoms with Crippen LogP contribution in [0.25, 0.3) is 0 Å². The summed E-state index contributed by atoms with van der Waals surface area (Å²) in [5, 5.41) is 13.0. The Kier molecular flexibility index (Phi) is 3.29. The van der Waals surface area contributed by atoms with Crippen LogP contribution in [0.4, 0.5) is 5.69 Å². The minimum Gasteiger partial charge on any atom is -0.478 e. The first kappa shape index (κ1) is 12.2. The number of hydrogen-bond acceptors (Lipinski definition) is 2. The summed E-state index contributed by atoms with van der Waals surface area (Å²) in [6.45, 7) is 2.13. The van der Waals surface area contributed by atoms with Gasteiger partial charge in [-0.1, -0.05) is 18.5 Å². The van der Waals surface area contributed by atoms with Crippen molar-refractivity contribution < 1.29 is 9.90 Å². The minimum absolute atomic E-state index is 0.0814. The Morgan fingerprint density at radius 3 is 2.71 bits per heavy atom. The highest BCUT2D eigenvalue weighted by atomic mass is 35.5. The third kappa shape index (κ3) is 2.39. The van der Waals surface area contributed by atoms with Crippen LogP contribution in [-0.4, -0.2) is 16.6 Å². The summed E-state index contributed by atoms with van der Waals surface area (Å²) >= 11 is 5.82. The summed E-state index contributed by atoms with van der Waals surface area (Å²) in [6.07, 6.45) is 4.42. The van der Waals surface area contributed by atoms with Crippen molar-refractivity contribution in [3.8, 4) is 0 Å². The van der Waals surface area contributed by atoms with E-state index in [4.69, 9.17) is 16.7 Å². The maximum absolute atomic E-state index is 11.2. The van der Waals surface area contributed by atoms with Crippen molar-refractivity contribution in [2.24, 2.45) is 0 Å². The summed E-state index contributed by atoms with van der Waals surface area (Å²) in [4.78, 5) is 11.2. The average Bonchev–Trinajstić information content (AvgIpc) is 2.25. The summed E-state index contributed by atoms with van der Waals surface area (Å²) in [5.74, 6) is -0.944. The molecule has 1 aliphatic rings. The van der Waals surface area contributed by atoms with Gasteiger partial charge in [-0.2, -0.15) is 0 Å². The smallest absolute Gasteiger partial charge is 0.337 e. The minimum atomic E-state index is -0.944. The highest BCUT2D eigenvalue weighted by Crippen LogP contribution is 2.39. The van der Waals surface area contributed by atoms with E-state index in [1.807, 2.05) is 0 Å². The lowest BCUT2D eigenvalue weighted by atomic mass is 9.74. The molecule has 0 atom stereocenters. The van der Waals surface area contributed by atoms with Gasteiger partial charge in [-0.3, -0.25) is 0 Å². The second-order valence-corrected chi connectivity index (χ2v) is 5.04. The first-order chi connectivity index (χ1) is 8.06. The van der Waals surface area contributed by atoms with E-state index in [2.05, 4.69) is 12.2 Å². The average molecular weight is 254 g/mol. The summed E-state index contributed by atoms with van der Waals surface area (Å²) in [5.41, 5.74) is 0.999. The largest absolute Gasteiger partial charge is 0.478 e. The lowest BCUT2D eigenvalue weighted by molar-refractivity contribution is 0.0697. The predicted molar refractivity (Wildman–Crippen MR) is 68.9 cm³/mol. The first-order valence-electron chi connectivity index (χ1n) is 5.87. The number of aromatic carboxylic acids is 1. The molecule has 92 valence electrons. The van der Waals surface area contributed by atoms with Gasteiger partial charge in [0.15, 0.2) is 0 Å². The van der Waals surface area contributed by atoms with Gasteiger partial charge in [-0.05, 0) is 43.9 Å². The molecule has 1 saturated carbocycles. The highest BCUT2D eigenvalue weighted by molar-refractivity contribution is 6.31. The molecule has 0 aliphatic heterocycles. The third-order valence-corrected chi connectivity index (χ3v) is 3.83. The van der Waals surface area contributed by atoms with E-state index in [0.29, 0.717) is 10.7 Å². The zero-order valence-electron chi connectivity index (χ0n) is 9.79. The highest BCUT2D eigenvalue weighted by Gasteiger charge is 2.35. The van der Waals surface area contributed by atoms with E-state index >= 15 is 0 Å². The van der Waals surface area contributed by atoms with Gasteiger partial charge in [0.25, 0.3) is 0 Å². The summed E-state index contributed by atoms with van der Waals surface area (Å²) < 4.78 is 0. The van der Waals surface area contributed by atoms with Gasteiger partial charge in [0.05, 0.1) is 5.56 Å². The van der Waals surface area contributed by atoms with Gasteiger partial charge in [-0.25, -0.2) is 4.79 Å². The number of halogens is 1. The van der Waals surface area contributed by atoms with Gasteiger partial charge in [0.2, 0.25) is 0 Å². The van der Waals surface area contributed by atoms with Gasteiger partial charge < -0.3 is 10.4 Å². The standard InChI is InChI=1S/C13H16ClNO2/c1-2-13(6-3-7-13)15-11-5-4-9(14)8-10(11)12(16)17/h4-5,8,15H,2-3,6-7H2,1H3,(H,16,17). The maximum Gasteiger partial charge on any atom is 0.337 e. The van der Waals surface area contributed by atoms with Crippen LogP contribution in [0.3, 0.4) is 0 Å². The molecule has 0 unspecified atom stereocenters. The number of benzene rings is 1. The van der Waals surface area contributed by atoms with Gasteiger partial charge in [0, 0.05) is 16.2 Å². The van der Waals surface area contributed by atoms with Crippen LogP contribution in [0.2, 0.25) is 5.02 Å². The molecule has 2 rings (SSSR count). The number of nitrogens with one attached hydrogen (secondary N) is 1. The lowest BCUT2D eigenvalue weighted by Crippen LogP contribution is -2.44. The Morgan fingerprint density at radius 1 is 1.53 bits per heavy atom. The molecule has 0 spiro atoms. The van der Waals surface area contributed by atoms with E-state index in [0.717, 1.165) is 19.3 Å². The zero-order valence-corrected chi connectivity index (χ0v) is 10.5. The molecular weight excluding hydrogens is 238 g/mol. The number of carboxylic acids is 1. The normalized spacial score (nSPS) is 17.3. The zero-order chi connectivity index (χ0) is 12.5. The van der Waals surface area contributed by atoms with Crippen LogP contribution in [0, 0.1) is 0 Å². The van der Waals surface area contributed by atoms with Gasteiger partial charge >= 0.3 is 5.97 Å². The predicted octanol–water partition coefficient (Wildman–Crippen LogP) is 3.78. The number of carbonyl (C=O) groups is 1. The molecule has 1 aliphatic carbocycles. The van der Waals surface area contributed by atoms with E-state index in [1.54, 1.807) is 12.1 Å². The molecule has 0 radical (unpaired) electrons. The molecular formula is C13H16ClNO2. The van der Waals surface area contributed by atoms with E-state index in [9.17, 15) is 4.79 Å². The van der Waals surface area contributed by atoms with E-state index < -0.39 is 5.97 Å². The third-order valence-electron chi connectivity index (χ3n) is 3.60. The topological polar surface area (TPSA) is 49.3 Å². The SMILES string of the molecule is CCC1(Nc2ccc(Cl)cc2C(=O)O)CCC1. The van der Waals surface area contributed by atoms with E-state index in [1.165, 1.54) is 12.5 Å². The molecule has 0 heterocycles. The summed E-state index contributed by atoms with van der Waals surface area (Å²) in [7, 11) is 0. The van der Waals surface area contributed by atoms with Crippen molar-refractivity contribution in [3.05, 3.63) is 28.8 Å². The number of hydrogen-bond donors (Lipinski definition) is 2. The number of carboxylic acid groups (broad SMARTS) is 1. The fourth-order valence-corrected chi connectivity index (χ4v) is 2.43. The lowest BCUT2D eigenvalue weighted by Gasteiger charge is -2.43. The van der Waals surface area contributed by atoms with Crippen molar-refractivity contribution in [2.75, 3.05) is 5.32 Å². The molecule has 0 saturated heterocycles. The molecule has 0 aromatic heterocycles. The molecule has 0 bridgehead atoms. The molecule has 1 fully saturated rings. The monoisotopic (exact) mass is 253 g/mol. The van der Waals surface area contributed by atoms with Crippen LogP contribution in [0.5, 0.6) is 0 Å². The molecule has 4 heteroatoms. The van der Waals surface area contributed by atoms with Crippen LogP contribution in [-0.2, 0) is 0 Å². The van der Waals surface area contributed by atoms with Crippen LogP contribution in [0.1, 0.15) is 43.0 Å². The second-order valence-electron chi connectivity index (χ2n) is 4.61. The Hall–Kier alpha value is -1.22. The maximum atomic E-state index is 11.2. The van der Waals surface area contributed by atoms with Crippen molar-refractivity contribution >= 4 is 23.3 Å². The van der Waals surface area contributed by atoms with Crippen molar-refractivity contribution in [1.82, 2.24) is 0 Å². The second kappa shape index (κ2) is 4.57. The van der Waals surface area contributed by atoms with Crippen LogP contribution >= 0.6 is 11.6 Å². The van der Waals surface area contributed by atoms with Crippen molar-refractivity contribution in [2.45, 2.75) is 38.1 Å². The molecule has 17 heavy (non-hydrogen) atoms. The first-order valence-corrected chi connectivity index (χ1v) is 6.25. The quantitative estimate of drug-likeness (QED) is 0.859. The Balaban J connectivity index is 2.29. The molecule has 1 aromatic carbocycles. The van der Waals surface area contributed by atoms with Crippen LogP contribution in [0.15, 0.2) is 18.2 Å². The number of anilines is 1. The number of rotatable bonds is 4. The Labute approximate surface area is 106 Å². The molecule has 3 nitrogen and oxygen atoms in total. The Morgan fingerprint density at radius 2 is 2.24 bits per heavy atom. The van der Waals surface area contributed by atoms with Crippen LogP contribution < -0.4 is 5.32 Å².